The molecule has 0 bridgehead atoms. The number of aromatic nitrogens is 2. The fourth-order valence-corrected chi connectivity index (χ4v) is 3.26. The van der Waals surface area contributed by atoms with Crippen molar-refractivity contribution in [2.24, 2.45) is 0 Å². The van der Waals surface area contributed by atoms with E-state index in [0.717, 1.165) is 0 Å². The number of rotatable bonds is 7. The van der Waals surface area contributed by atoms with Gasteiger partial charge in [0.15, 0.2) is 0 Å². The van der Waals surface area contributed by atoms with E-state index in [9.17, 15) is 9.59 Å². The molecule has 1 aromatic heterocycles. The molecule has 0 unspecified atom stereocenters. The number of nitrogens with zero attached hydrogens (tertiary/aromatic N) is 4. The molecule has 9 heteroatoms. The summed E-state index contributed by atoms with van der Waals surface area (Å²) in [6.07, 6.45) is 1.36. The van der Waals surface area contributed by atoms with Crippen molar-refractivity contribution in [3.8, 4) is 5.75 Å². The van der Waals surface area contributed by atoms with Crippen LogP contribution in [-0.2, 0) is 16.1 Å². The second-order valence-electron chi connectivity index (χ2n) is 7.08. The Morgan fingerprint density at radius 1 is 1.24 bits per heavy atom. The third-order valence-electron chi connectivity index (χ3n) is 4.95. The molecule has 2 heterocycles. The van der Waals surface area contributed by atoms with Crippen molar-refractivity contribution < 1.29 is 23.7 Å². The van der Waals surface area contributed by atoms with Crippen molar-refractivity contribution in [2.75, 3.05) is 33.9 Å². The van der Waals surface area contributed by atoms with E-state index in [1.165, 1.54) is 7.11 Å². The van der Waals surface area contributed by atoms with Gasteiger partial charge in [0.25, 0.3) is 5.91 Å². The van der Waals surface area contributed by atoms with Crippen molar-refractivity contribution in [3.05, 3.63) is 41.2 Å². The van der Waals surface area contributed by atoms with Gasteiger partial charge in [-0.15, -0.1) is 0 Å². The standard InChI is InChI=1S/C20H26N4O5/c1-14-17(22-29-21-14)12-23(2)20(26)16-6-4-5-7-18(16)28-15-8-10-24(11-9-15)19(25)13-27-3/h4-7,15H,8-13H2,1-3H3. The largest absolute Gasteiger partial charge is 0.489 e. The van der Waals surface area contributed by atoms with Gasteiger partial charge in [0, 0.05) is 40.1 Å². The van der Waals surface area contributed by atoms with Gasteiger partial charge in [-0.25, -0.2) is 4.63 Å². The lowest BCUT2D eigenvalue weighted by molar-refractivity contribution is -0.136. The number of carbonyl (C=O) groups excluding carboxylic acids is 2. The minimum atomic E-state index is -0.171. The number of carbonyl (C=O) groups is 2. The number of aryl methyl sites for hydroxylation is 1. The van der Waals surface area contributed by atoms with Gasteiger partial charge < -0.3 is 19.3 Å². The maximum atomic E-state index is 13.0. The number of para-hydroxylation sites is 1. The van der Waals surface area contributed by atoms with E-state index >= 15 is 0 Å². The van der Waals surface area contributed by atoms with Crippen LogP contribution in [0.15, 0.2) is 28.9 Å². The summed E-state index contributed by atoms with van der Waals surface area (Å²) in [6.45, 7) is 3.39. The van der Waals surface area contributed by atoms with Crippen LogP contribution in [0.2, 0.25) is 0 Å². The van der Waals surface area contributed by atoms with Crippen LogP contribution in [0.4, 0.5) is 0 Å². The summed E-state index contributed by atoms with van der Waals surface area (Å²) in [6, 6.07) is 7.20. The Hall–Kier alpha value is -2.94. The highest BCUT2D eigenvalue weighted by molar-refractivity contribution is 5.96. The summed E-state index contributed by atoms with van der Waals surface area (Å²) >= 11 is 0. The van der Waals surface area contributed by atoms with Gasteiger partial charge in [-0.1, -0.05) is 22.4 Å². The summed E-state index contributed by atoms with van der Waals surface area (Å²) < 4.78 is 15.7. The summed E-state index contributed by atoms with van der Waals surface area (Å²) in [4.78, 5) is 28.2. The van der Waals surface area contributed by atoms with Gasteiger partial charge in [-0.2, -0.15) is 0 Å². The first-order valence-electron chi connectivity index (χ1n) is 9.55. The lowest BCUT2D eigenvalue weighted by Crippen LogP contribution is -2.43. The van der Waals surface area contributed by atoms with Gasteiger partial charge in [0.2, 0.25) is 5.91 Å². The molecular formula is C20H26N4O5. The number of ether oxygens (including phenoxy) is 2. The molecule has 0 saturated carbocycles. The Morgan fingerprint density at radius 2 is 1.97 bits per heavy atom. The van der Waals surface area contributed by atoms with Crippen LogP contribution in [0.5, 0.6) is 5.75 Å². The van der Waals surface area contributed by atoms with E-state index in [-0.39, 0.29) is 24.5 Å². The Labute approximate surface area is 169 Å². The summed E-state index contributed by atoms with van der Waals surface area (Å²) in [5.74, 6) is 0.359. The number of amides is 2. The molecule has 0 N–H and O–H groups in total. The van der Waals surface area contributed by atoms with Gasteiger partial charge in [0.1, 0.15) is 29.8 Å². The quantitative estimate of drug-likeness (QED) is 0.695. The van der Waals surface area contributed by atoms with Crippen LogP contribution in [0.1, 0.15) is 34.6 Å². The first-order chi connectivity index (χ1) is 14.0. The predicted octanol–water partition coefficient (Wildman–Crippen LogP) is 1.67. The number of benzene rings is 1. The minimum absolute atomic E-state index is 0.0132. The minimum Gasteiger partial charge on any atom is -0.489 e. The Kier molecular flexibility index (Phi) is 6.82. The molecule has 3 rings (SSSR count). The van der Waals surface area contributed by atoms with E-state index < -0.39 is 0 Å². The normalized spacial score (nSPS) is 14.7. The third-order valence-corrected chi connectivity index (χ3v) is 4.95. The highest BCUT2D eigenvalue weighted by Gasteiger charge is 2.26. The smallest absolute Gasteiger partial charge is 0.257 e. The molecule has 1 aliphatic heterocycles. The number of methoxy groups -OCH3 is 1. The SMILES string of the molecule is COCC(=O)N1CCC(Oc2ccccc2C(=O)N(C)Cc2nonc2C)CC1. The lowest BCUT2D eigenvalue weighted by atomic mass is 10.1. The van der Waals surface area contributed by atoms with Crippen LogP contribution in [0.3, 0.4) is 0 Å². The average molecular weight is 402 g/mol. The van der Waals surface area contributed by atoms with Crippen LogP contribution in [0.25, 0.3) is 0 Å². The molecule has 29 heavy (non-hydrogen) atoms. The van der Waals surface area contributed by atoms with Crippen molar-refractivity contribution in [1.29, 1.82) is 0 Å². The number of likely N-dealkylation sites (tertiary alicyclic amines) is 1. The molecule has 9 nitrogen and oxygen atoms in total. The van der Waals surface area contributed by atoms with E-state index in [0.29, 0.717) is 55.2 Å². The molecular weight excluding hydrogens is 376 g/mol. The van der Waals surface area contributed by atoms with E-state index in [4.69, 9.17) is 14.1 Å². The van der Waals surface area contributed by atoms with Crippen LogP contribution < -0.4 is 4.74 Å². The Bertz CT molecular complexity index is 845. The molecule has 1 aliphatic rings. The van der Waals surface area contributed by atoms with E-state index in [1.54, 1.807) is 35.9 Å². The summed E-state index contributed by atoms with van der Waals surface area (Å²) in [5.41, 5.74) is 1.76. The van der Waals surface area contributed by atoms with Crippen LogP contribution in [-0.4, -0.2) is 71.9 Å². The second-order valence-corrected chi connectivity index (χ2v) is 7.08. The number of hydrogen-bond donors (Lipinski definition) is 0. The zero-order valence-corrected chi connectivity index (χ0v) is 17.0. The van der Waals surface area contributed by atoms with Crippen molar-refractivity contribution in [3.63, 3.8) is 0 Å². The monoisotopic (exact) mass is 402 g/mol. The zero-order chi connectivity index (χ0) is 20.8. The lowest BCUT2D eigenvalue weighted by Gasteiger charge is -2.32. The topological polar surface area (TPSA) is 98.0 Å². The molecule has 2 aromatic rings. The fourth-order valence-electron chi connectivity index (χ4n) is 3.26. The molecule has 156 valence electrons. The number of hydrogen-bond acceptors (Lipinski definition) is 7. The molecule has 0 atom stereocenters. The van der Waals surface area contributed by atoms with Gasteiger partial charge >= 0.3 is 0 Å². The Morgan fingerprint density at radius 3 is 2.62 bits per heavy atom. The van der Waals surface area contributed by atoms with Crippen LogP contribution in [0, 0.1) is 6.92 Å². The first kappa shape index (κ1) is 20.8. The molecule has 0 spiro atoms. The highest BCUT2D eigenvalue weighted by Crippen LogP contribution is 2.25. The maximum Gasteiger partial charge on any atom is 0.257 e. The predicted molar refractivity (Wildman–Crippen MR) is 103 cm³/mol. The molecule has 1 fully saturated rings. The van der Waals surface area contributed by atoms with E-state index in [2.05, 4.69) is 10.3 Å². The fraction of sp³-hybridized carbons (Fsp3) is 0.500. The second kappa shape index (κ2) is 9.51. The van der Waals surface area contributed by atoms with Gasteiger partial charge in [0.05, 0.1) is 12.1 Å². The maximum absolute atomic E-state index is 13.0. The van der Waals surface area contributed by atoms with E-state index in [1.807, 2.05) is 12.1 Å². The summed E-state index contributed by atoms with van der Waals surface area (Å²) in [5, 5.41) is 7.57. The molecule has 2 amide bonds. The zero-order valence-electron chi connectivity index (χ0n) is 17.0. The average Bonchev–Trinajstić information content (AvgIpc) is 3.13. The number of piperidine rings is 1. The van der Waals surface area contributed by atoms with Gasteiger partial charge in [-0.3, -0.25) is 9.59 Å². The van der Waals surface area contributed by atoms with Crippen molar-refractivity contribution in [1.82, 2.24) is 20.1 Å². The van der Waals surface area contributed by atoms with Crippen molar-refractivity contribution >= 4 is 11.8 Å². The summed E-state index contributed by atoms with van der Waals surface area (Å²) in [7, 11) is 3.21. The van der Waals surface area contributed by atoms with Crippen molar-refractivity contribution in [2.45, 2.75) is 32.4 Å². The molecule has 0 radical (unpaired) electrons. The molecule has 1 aromatic carbocycles. The van der Waals surface area contributed by atoms with Crippen LogP contribution >= 0.6 is 0 Å². The van der Waals surface area contributed by atoms with Gasteiger partial charge in [-0.05, 0) is 19.1 Å². The first-order valence-corrected chi connectivity index (χ1v) is 9.55. The third kappa shape index (κ3) is 5.11. The molecule has 0 aliphatic carbocycles. The highest BCUT2D eigenvalue weighted by atomic mass is 16.6. The Balaban J connectivity index is 1.63. The molecule has 1 saturated heterocycles.